The Morgan fingerprint density at radius 3 is 2.56 bits per heavy atom. The standard InChI is InChI=1S/C22H24N2O3/c1-14(2)16-10-7-8-15(3)21(16)23-20(25)13-24-12-18(22(26)27-4)17-9-5-6-11-19(17)24/h5-12,14H,13H2,1-4H3,(H,23,25). The summed E-state index contributed by atoms with van der Waals surface area (Å²) in [5.74, 6) is -0.242. The van der Waals surface area contributed by atoms with Crippen LogP contribution in [0.1, 0.15) is 41.3 Å². The number of aromatic nitrogens is 1. The Balaban J connectivity index is 1.91. The Hall–Kier alpha value is -3.08. The summed E-state index contributed by atoms with van der Waals surface area (Å²) in [4.78, 5) is 24.8. The maximum absolute atomic E-state index is 12.8. The van der Waals surface area contributed by atoms with Gasteiger partial charge >= 0.3 is 5.97 Å². The first-order chi connectivity index (χ1) is 12.9. The molecule has 1 amide bonds. The smallest absolute Gasteiger partial charge is 0.340 e. The van der Waals surface area contributed by atoms with Gasteiger partial charge in [-0.3, -0.25) is 4.79 Å². The minimum atomic E-state index is -0.411. The van der Waals surface area contributed by atoms with Gasteiger partial charge in [0.15, 0.2) is 0 Å². The molecule has 1 aromatic heterocycles. The average Bonchev–Trinajstić information content (AvgIpc) is 3.01. The number of esters is 1. The molecule has 5 nitrogen and oxygen atoms in total. The molecule has 0 saturated carbocycles. The van der Waals surface area contributed by atoms with Gasteiger partial charge in [0.2, 0.25) is 5.91 Å². The van der Waals surface area contributed by atoms with Crippen molar-refractivity contribution in [3.8, 4) is 0 Å². The number of rotatable bonds is 5. The molecule has 140 valence electrons. The maximum Gasteiger partial charge on any atom is 0.340 e. The first-order valence-corrected chi connectivity index (χ1v) is 8.98. The molecular weight excluding hydrogens is 340 g/mol. The lowest BCUT2D eigenvalue weighted by atomic mass is 9.98. The third-order valence-corrected chi connectivity index (χ3v) is 4.70. The van der Waals surface area contributed by atoms with Crippen LogP contribution in [0.15, 0.2) is 48.7 Å². The van der Waals surface area contributed by atoms with Gasteiger partial charge in [-0.1, -0.05) is 50.2 Å². The molecule has 0 aliphatic heterocycles. The van der Waals surface area contributed by atoms with E-state index in [4.69, 9.17) is 4.74 Å². The van der Waals surface area contributed by atoms with Crippen molar-refractivity contribution in [2.75, 3.05) is 12.4 Å². The topological polar surface area (TPSA) is 60.3 Å². The number of para-hydroxylation sites is 2. The Morgan fingerprint density at radius 2 is 1.85 bits per heavy atom. The van der Waals surface area contributed by atoms with Crippen LogP contribution < -0.4 is 5.32 Å². The molecular formula is C22H24N2O3. The summed E-state index contributed by atoms with van der Waals surface area (Å²) >= 11 is 0. The summed E-state index contributed by atoms with van der Waals surface area (Å²) in [6.45, 7) is 6.31. The number of nitrogens with one attached hydrogen (secondary N) is 1. The Bertz CT molecular complexity index is 1000. The van der Waals surface area contributed by atoms with Crippen LogP contribution in [-0.2, 0) is 16.1 Å². The van der Waals surface area contributed by atoms with Crippen molar-refractivity contribution >= 4 is 28.5 Å². The lowest BCUT2D eigenvalue weighted by Gasteiger charge is -2.16. The van der Waals surface area contributed by atoms with Gasteiger partial charge in [-0.05, 0) is 30.0 Å². The molecule has 0 spiro atoms. The zero-order valence-electron chi connectivity index (χ0n) is 16.1. The van der Waals surface area contributed by atoms with E-state index in [0.717, 1.165) is 27.7 Å². The summed E-state index contributed by atoms with van der Waals surface area (Å²) in [6.07, 6.45) is 1.68. The first-order valence-electron chi connectivity index (χ1n) is 8.98. The highest BCUT2D eigenvalue weighted by atomic mass is 16.5. The van der Waals surface area contributed by atoms with Gasteiger partial charge in [-0.2, -0.15) is 0 Å². The van der Waals surface area contributed by atoms with E-state index in [1.165, 1.54) is 7.11 Å². The lowest BCUT2D eigenvalue weighted by Crippen LogP contribution is -2.20. The fraction of sp³-hybridized carbons (Fsp3) is 0.273. The van der Waals surface area contributed by atoms with Gasteiger partial charge in [-0.15, -0.1) is 0 Å². The van der Waals surface area contributed by atoms with E-state index < -0.39 is 5.97 Å². The highest BCUT2D eigenvalue weighted by Gasteiger charge is 2.17. The van der Waals surface area contributed by atoms with Crippen LogP contribution in [0, 0.1) is 6.92 Å². The van der Waals surface area contributed by atoms with Crippen LogP contribution in [0.3, 0.4) is 0 Å². The Morgan fingerprint density at radius 1 is 1.11 bits per heavy atom. The van der Waals surface area contributed by atoms with Crippen LogP contribution in [0.5, 0.6) is 0 Å². The van der Waals surface area contributed by atoms with Crippen molar-refractivity contribution in [3.05, 3.63) is 65.4 Å². The first kappa shape index (κ1) is 18.7. The van der Waals surface area contributed by atoms with Gasteiger partial charge in [0.05, 0.1) is 12.7 Å². The number of fused-ring (bicyclic) bond motifs is 1. The number of hydrogen-bond donors (Lipinski definition) is 1. The fourth-order valence-corrected chi connectivity index (χ4v) is 3.33. The van der Waals surface area contributed by atoms with Crippen molar-refractivity contribution < 1.29 is 14.3 Å². The SMILES string of the molecule is COC(=O)c1cn(CC(=O)Nc2c(C)cccc2C(C)C)c2ccccc12. The number of nitrogens with zero attached hydrogens (tertiary/aromatic N) is 1. The second kappa shape index (κ2) is 7.66. The van der Waals surface area contributed by atoms with Crippen LogP contribution >= 0.6 is 0 Å². The zero-order chi connectivity index (χ0) is 19.6. The molecule has 3 rings (SSSR count). The lowest BCUT2D eigenvalue weighted by molar-refractivity contribution is -0.116. The molecule has 0 atom stereocenters. The summed E-state index contributed by atoms with van der Waals surface area (Å²) in [6, 6.07) is 13.5. The van der Waals surface area contributed by atoms with Crippen molar-refractivity contribution in [2.45, 2.75) is 33.2 Å². The molecule has 0 fully saturated rings. The summed E-state index contributed by atoms with van der Waals surface area (Å²) in [5.41, 5.74) is 4.28. The van der Waals surface area contributed by atoms with Crippen molar-refractivity contribution in [3.63, 3.8) is 0 Å². The maximum atomic E-state index is 12.8. The monoisotopic (exact) mass is 364 g/mol. The van der Waals surface area contributed by atoms with E-state index in [1.807, 2.05) is 49.4 Å². The molecule has 0 aliphatic rings. The fourth-order valence-electron chi connectivity index (χ4n) is 3.33. The van der Waals surface area contributed by atoms with Gasteiger partial charge < -0.3 is 14.6 Å². The number of carbonyl (C=O) groups excluding carboxylic acids is 2. The summed E-state index contributed by atoms with van der Waals surface area (Å²) in [5, 5.41) is 3.82. The second-order valence-corrected chi connectivity index (χ2v) is 6.92. The molecule has 0 radical (unpaired) electrons. The number of hydrogen-bond acceptors (Lipinski definition) is 3. The normalized spacial score (nSPS) is 11.0. The minimum Gasteiger partial charge on any atom is -0.465 e. The van der Waals surface area contributed by atoms with Crippen LogP contribution in [-0.4, -0.2) is 23.6 Å². The molecule has 1 heterocycles. The molecule has 5 heteroatoms. The van der Waals surface area contributed by atoms with Crippen LogP contribution in [0.2, 0.25) is 0 Å². The number of carbonyl (C=O) groups is 2. The number of benzene rings is 2. The number of ether oxygens (including phenoxy) is 1. The minimum absolute atomic E-state index is 0.114. The number of aryl methyl sites for hydroxylation is 1. The van der Waals surface area contributed by atoms with Gasteiger partial charge in [0.25, 0.3) is 0 Å². The molecule has 0 aliphatic carbocycles. The van der Waals surface area contributed by atoms with E-state index in [-0.39, 0.29) is 12.5 Å². The van der Waals surface area contributed by atoms with E-state index in [0.29, 0.717) is 11.5 Å². The third kappa shape index (κ3) is 3.72. The molecule has 0 saturated heterocycles. The predicted octanol–water partition coefficient (Wildman–Crippen LogP) is 4.50. The van der Waals surface area contributed by atoms with Crippen molar-refractivity contribution in [1.82, 2.24) is 4.57 Å². The van der Waals surface area contributed by atoms with Gasteiger partial charge in [-0.25, -0.2) is 4.79 Å². The van der Waals surface area contributed by atoms with Gasteiger partial charge in [0.1, 0.15) is 6.54 Å². The number of methoxy groups -OCH3 is 1. The summed E-state index contributed by atoms with van der Waals surface area (Å²) < 4.78 is 6.65. The van der Waals surface area contributed by atoms with Crippen molar-refractivity contribution in [2.24, 2.45) is 0 Å². The Labute approximate surface area is 158 Å². The highest BCUT2D eigenvalue weighted by Crippen LogP contribution is 2.28. The van der Waals surface area contributed by atoms with Crippen molar-refractivity contribution in [1.29, 1.82) is 0 Å². The van der Waals surface area contributed by atoms with E-state index in [1.54, 1.807) is 10.8 Å². The largest absolute Gasteiger partial charge is 0.465 e. The molecule has 1 N–H and O–H groups in total. The van der Waals surface area contributed by atoms with E-state index >= 15 is 0 Å². The number of anilines is 1. The molecule has 0 unspecified atom stereocenters. The average molecular weight is 364 g/mol. The van der Waals surface area contributed by atoms with E-state index in [2.05, 4.69) is 19.2 Å². The van der Waals surface area contributed by atoms with Crippen LogP contribution in [0.25, 0.3) is 10.9 Å². The third-order valence-electron chi connectivity index (χ3n) is 4.70. The highest BCUT2D eigenvalue weighted by molar-refractivity contribution is 6.05. The second-order valence-electron chi connectivity index (χ2n) is 6.92. The van der Waals surface area contributed by atoms with Gasteiger partial charge in [0, 0.05) is 22.8 Å². The van der Waals surface area contributed by atoms with Crippen LogP contribution in [0.4, 0.5) is 5.69 Å². The number of amides is 1. The quantitative estimate of drug-likeness (QED) is 0.678. The molecule has 3 aromatic rings. The Kier molecular flexibility index (Phi) is 5.31. The molecule has 27 heavy (non-hydrogen) atoms. The molecule has 2 aromatic carbocycles. The van der Waals surface area contributed by atoms with E-state index in [9.17, 15) is 9.59 Å². The predicted molar refractivity (Wildman–Crippen MR) is 107 cm³/mol. The molecule has 0 bridgehead atoms. The zero-order valence-corrected chi connectivity index (χ0v) is 16.1. The summed E-state index contributed by atoms with van der Waals surface area (Å²) in [7, 11) is 1.35.